The van der Waals surface area contributed by atoms with Gasteiger partial charge in [-0.1, -0.05) is 6.07 Å². The normalized spacial score (nSPS) is 11.5. The van der Waals surface area contributed by atoms with Crippen LogP contribution in [0.1, 0.15) is 5.56 Å². The molecule has 0 spiro atoms. The molecule has 0 aliphatic rings. The van der Waals surface area contributed by atoms with E-state index in [2.05, 4.69) is 10.0 Å². The number of aryl methyl sites for hydroxylation is 1. The summed E-state index contributed by atoms with van der Waals surface area (Å²) in [7, 11) is -2.47. The first kappa shape index (κ1) is 28.8. The molecular formula is C25H29N3O8S2. The topological polar surface area (TPSA) is 140 Å². The SMILES string of the molecule is CNS(=O)(=O)c1ccc(C)c(NC(=O)CN(c2ccc(OC)cc2)S(=O)(=O)c2ccc(OC)c(OC)c2)c1. The number of nitrogens with zero attached hydrogens (tertiary/aromatic N) is 1. The predicted molar refractivity (Wildman–Crippen MR) is 143 cm³/mol. The number of anilines is 2. The van der Waals surface area contributed by atoms with E-state index in [0.717, 1.165) is 4.31 Å². The van der Waals surface area contributed by atoms with E-state index in [9.17, 15) is 21.6 Å². The third kappa shape index (κ3) is 6.18. The van der Waals surface area contributed by atoms with E-state index in [4.69, 9.17) is 14.2 Å². The minimum atomic E-state index is -4.27. The summed E-state index contributed by atoms with van der Waals surface area (Å²) in [5, 5.41) is 2.63. The van der Waals surface area contributed by atoms with Crippen molar-refractivity contribution in [3.63, 3.8) is 0 Å². The molecule has 0 saturated carbocycles. The van der Waals surface area contributed by atoms with E-state index in [1.54, 1.807) is 25.1 Å². The largest absolute Gasteiger partial charge is 0.497 e. The molecule has 0 fully saturated rings. The van der Waals surface area contributed by atoms with Crippen LogP contribution in [0.2, 0.25) is 0 Å². The van der Waals surface area contributed by atoms with E-state index in [-0.39, 0.29) is 26.9 Å². The van der Waals surface area contributed by atoms with Crippen molar-refractivity contribution >= 4 is 37.3 Å². The average Bonchev–Trinajstić information content (AvgIpc) is 2.92. The van der Waals surface area contributed by atoms with Crippen LogP contribution in [-0.2, 0) is 24.8 Å². The summed E-state index contributed by atoms with van der Waals surface area (Å²) in [5.41, 5.74) is 1.02. The molecule has 0 aromatic heterocycles. The zero-order valence-corrected chi connectivity index (χ0v) is 23.1. The maximum Gasteiger partial charge on any atom is 0.264 e. The molecule has 0 heterocycles. The summed E-state index contributed by atoms with van der Waals surface area (Å²) < 4.78 is 70.7. The molecule has 0 aliphatic heterocycles. The molecule has 0 atom stereocenters. The van der Waals surface area contributed by atoms with Crippen LogP contribution in [0.4, 0.5) is 11.4 Å². The molecule has 0 saturated heterocycles. The smallest absolute Gasteiger partial charge is 0.264 e. The van der Waals surface area contributed by atoms with Gasteiger partial charge in [0.2, 0.25) is 15.9 Å². The molecule has 11 nitrogen and oxygen atoms in total. The Balaban J connectivity index is 2.01. The highest BCUT2D eigenvalue weighted by atomic mass is 32.2. The van der Waals surface area contributed by atoms with Crippen LogP contribution in [0.15, 0.2) is 70.5 Å². The number of amides is 1. The number of nitrogens with one attached hydrogen (secondary N) is 2. The second kappa shape index (κ2) is 11.7. The third-order valence-electron chi connectivity index (χ3n) is 5.65. The van der Waals surface area contributed by atoms with Gasteiger partial charge in [-0.25, -0.2) is 21.6 Å². The van der Waals surface area contributed by atoms with Gasteiger partial charge in [0.15, 0.2) is 11.5 Å². The third-order valence-corrected chi connectivity index (χ3v) is 8.83. The van der Waals surface area contributed by atoms with E-state index >= 15 is 0 Å². The number of carbonyl (C=O) groups is 1. The molecular weight excluding hydrogens is 534 g/mol. The van der Waals surface area contributed by atoms with Crippen molar-refractivity contribution in [2.75, 3.05) is 44.5 Å². The number of hydrogen-bond acceptors (Lipinski definition) is 8. The number of hydrogen-bond donors (Lipinski definition) is 2. The van der Waals surface area contributed by atoms with Crippen molar-refractivity contribution in [1.82, 2.24) is 4.72 Å². The van der Waals surface area contributed by atoms with Gasteiger partial charge in [0, 0.05) is 11.8 Å². The summed E-state index contributed by atoms with van der Waals surface area (Å²) in [4.78, 5) is 13.0. The predicted octanol–water partition coefficient (Wildman–Crippen LogP) is 2.76. The van der Waals surface area contributed by atoms with Gasteiger partial charge in [0.1, 0.15) is 12.3 Å². The maximum absolute atomic E-state index is 13.8. The Kier molecular flexibility index (Phi) is 8.86. The summed E-state index contributed by atoms with van der Waals surface area (Å²) in [6.45, 7) is 1.08. The second-order valence-corrected chi connectivity index (χ2v) is 11.7. The van der Waals surface area contributed by atoms with Crippen LogP contribution < -0.4 is 28.6 Å². The molecule has 0 aliphatic carbocycles. The van der Waals surface area contributed by atoms with Gasteiger partial charge in [-0.2, -0.15) is 0 Å². The second-order valence-electron chi connectivity index (χ2n) is 7.96. The molecule has 204 valence electrons. The standard InChI is InChI=1S/C25H29N3O8S2/c1-17-6-11-20(37(30,31)26-2)14-22(17)27-25(29)16-28(18-7-9-19(34-3)10-8-18)38(32,33)21-12-13-23(35-4)24(15-21)36-5/h6-15,26H,16H2,1-5H3,(H,27,29). The first-order valence-electron chi connectivity index (χ1n) is 11.2. The number of methoxy groups -OCH3 is 3. The minimum absolute atomic E-state index is 0.0501. The lowest BCUT2D eigenvalue weighted by atomic mass is 10.2. The molecule has 3 rings (SSSR count). The molecule has 0 unspecified atom stereocenters. The van der Waals surface area contributed by atoms with Gasteiger partial charge < -0.3 is 19.5 Å². The molecule has 38 heavy (non-hydrogen) atoms. The maximum atomic E-state index is 13.8. The molecule has 13 heteroatoms. The first-order valence-corrected chi connectivity index (χ1v) is 14.1. The fourth-order valence-electron chi connectivity index (χ4n) is 3.51. The molecule has 3 aromatic rings. The van der Waals surface area contributed by atoms with E-state index in [0.29, 0.717) is 17.1 Å². The molecule has 2 N–H and O–H groups in total. The summed E-state index contributed by atoms with van der Waals surface area (Å²) in [6, 6.07) is 14.5. The Bertz CT molecular complexity index is 1520. The van der Waals surface area contributed by atoms with Crippen LogP contribution in [0, 0.1) is 6.92 Å². The van der Waals surface area contributed by atoms with Crippen LogP contribution in [0.5, 0.6) is 17.2 Å². The highest BCUT2D eigenvalue weighted by molar-refractivity contribution is 7.92. The molecule has 0 bridgehead atoms. The lowest BCUT2D eigenvalue weighted by molar-refractivity contribution is -0.114. The Hall–Kier alpha value is -3.81. The zero-order valence-electron chi connectivity index (χ0n) is 21.5. The first-order chi connectivity index (χ1) is 18.0. The van der Waals surface area contributed by atoms with Gasteiger partial charge >= 0.3 is 0 Å². The highest BCUT2D eigenvalue weighted by Crippen LogP contribution is 2.33. The lowest BCUT2D eigenvalue weighted by Crippen LogP contribution is -2.38. The fraction of sp³-hybridized carbons (Fsp3) is 0.240. The Morgan fingerprint density at radius 1 is 0.816 bits per heavy atom. The quantitative estimate of drug-likeness (QED) is 0.363. The van der Waals surface area contributed by atoms with Crippen molar-refractivity contribution in [3.8, 4) is 17.2 Å². The van der Waals surface area contributed by atoms with E-state index in [1.807, 2.05) is 0 Å². The van der Waals surface area contributed by atoms with Crippen LogP contribution in [0.3, 0.4) is 0 Å². The Morgan fingerprint density at radius 3 is 2.03 bits per heavy atom. The van der Waals surface area contributed by atoms with Crippen LogP contribution in [-0.4, -0.2) is 57.7 Å². The summed E-state index contributed by atoms with van der Waals surface area (Å²) >= 11 is 0. The van der Waals surface area contributed by atoms with E-state index in [1.165, 1.54) is 70.8 Å². The fourth-order valence-corrected chi connectivity index (χ4v) is 5.70. The highest BCUT2D eigenvalue weighted by Gasteiger charge is 2.29. The van der Waals surface area contributed by atoms with Crippen molar-refractivity contribution < 1.29 is 35.8 Å². The Labute approximate surface area is 222 Å². The van der Waals surface area contributed by atoms with E-state index < -0.39 is 32.5 Å². The van der Waals surface area contributed by atoms with Crippen LogP contribution >= 0.6 is 0 Å². The van der Waals surface area contributed by atoms with Crippen molar-refractivity contribution in [1.29, 1.82) is 0 Å². The van der Waals surface area contributed by atoms with Crippen molar-refractivity contribution in [2.45, 2.75) is 16.7 Å². The Morgan fingerprint density at radius 2 is 1.45 bits per heavy atom. The van der Waals surface area contributed by atoms with Gasteiger partial charge in [-0.05, 0) is 68.1 Å². The van der Waals surface area contributed by atoms with Crippen molar-refractivity contribution in [3.05, 3.63) is 66.2 Å². The number of carbonyl (C=O) groups excluding carboxylic acids is 1. The summed E-state index contributed by atoms with van der Waals surface area (Å²) in [5.74, 6) is 0.352. The van der Waals surface area contributed by atoms with Gasteiger partial charge in [0.05, 0.1) is 36.8 Å². The number of sulfonamides is 2. The summed E-state index contributed by atoms with van der Waals surface area (Å²) in [6.07, 6.45) is 0. The van der Waals surface area contributed by atoms with Crippen LogP contribution in [0.25, 0.3) is 0 Å². The average molecular weight is 564 g/mol. The molecule has 1 amide bonds. The zero-order chi connectivity index (χ0) is 28.1. The van der Waals surface area contributed by atoms with Gasteiger partial charge in [0.25, 0.3) is 10.0 Å². The number of ether oxygens (including phenoxy) is 3. The number of rotatable bonds is 11. The minimum Gasteiger partial charge on any atom is -0.497 e. The van der Waals surface area contributed by atoms with Gasteiger partial charge in [-0.15, -0.1) is 0 Å². The monoisotopic (exact) mass is 563 g/mol. The molecule has 0 radical (unpaired) electrons. The molecule has 3 aromatic carbocycles. The van der Waals surface area contributed by atoms with Gasteiger partial charge in [-0.3, -0.25) is 9.10 Å². The van der Waals surface area contributed by atoms with Crippen molar-refractivity contribution in [2.24, 2.45) is 0 Å². The lowest BCUT2D eigenvalue weighted by Gasteiger charge is -2.25. The number of benzene rings is 3.